The Hall–Kier alpha value is -2.53. The van der Waals surface area contributed by atoms with Crippen molar-refractivity contribution in [2.75, 3.05) is 35.2 Å². The highest BCUT2D eigenvalue weighted by atomic mass is 16.1. The number of carbonyl (C=O) groups is 1. The molecule has 5 heteroatoms. The summed E-state index contributed by atoms with van der Waals surface area (Å²) >= 11 is 0. The Balaban J connectivity index is 1.31. The first kappa shape index (κ1) is 21.7. The van der Waals surface area contributed by atoms with Gasteiger partial charge in [0.2, 0.25) is 5.91 Å². The molecular weight excluding hydrogens is 384 g/mol. The predicted molar refractivity (Wildman–Crippen MR) is 130 cm³/mol. The maximum absolute atomic E-state index is 12.5. The van der Waals surface area contributed by atoms with E-state index in [-0.39, 0.29) is 12.5 Å². The van der Waals surface area contributed by atoms with Crippen LogP contribution in [0.3, 0.4) is 0 Å². The highest BCUT2D eigenvalue weighted by Gasteiger charge is 2.26. The fourth-order valence-corrected chi connectivity index (χ4v) is 4.61. The molecule has 2 aliphatic heterocycles. The maximum atomic E-state index is 12.5. The minimum absolute atomic E-state index is 0.0197. The van der Waals surface area contributed by atoms with Crippen LogP contribution < -0.4 is 15.5 Å². The minimum Gasteiger partial charge on any atom is -0.376 e. The molecular formula is C26H36N4O. The third-order valence-corrected chi connectivity index (χ3v) is 6.86. The van der Waals surface area contributed by atoms with Gasteiger partial charge in [0.15, 0.2) is 0 Å². The summed E-state index contributed by atoms with van der Waals surface area (Å²) < 4.78 is 0. The van der Waals surface area contributed by atoms with Gasteiger partial charge in [0.25, 0.3) is 0 Å². The molecule has 1 atom stereocenters. The van der Waals surface area contributed by atoms with Gasteiger partial charge in [-0.15, -0.1) is 0 Å². The lowest BCUT2D eigenvalue weighted by atomic mass is 10.1. The zero-order chi connectivity index (χ0) is 21.8. The molecule has 5 nitrogen and oxygen atoms in total. The second kappa shape index (κ2) is 9.73. The lowest BCUT2D eigenvalue weighted by Gasteiger charge is -2.28. The number of nitrogens with zero attached hydrogens (tertiary/aromatic N) is 2. The average molecular weight is 421 g/mol. The van der Waals surface area contributed by atoms with E-state index < -0.39 is 0 Å². The number of hydrogen-bond donors (Lipinski definition) is 2. The van der Waals surface area contributed by atoms with Gasteiger partial charge in [0, 0.05) is 49.3 Å². The number of fused-ring (bicyclic) bond motifs is 1. The average Bonchev–Trinajstić information content (AvgIpc) is 3.23. The van der Waals surface area contributed by atoms with Crippen LogP contribution >= 0.6 is 0 Å². The van der Waals surface area contributed by atoms with Gasteiger partial charge in [-0.05, 0) is 73.6 Å². The zero-order valence-electron chi connectivity index (χ0n) is 19.2. The fourth-order valence-electron chi connectivity index (χ4n) is 4.61. The first-order valence-electron chi connectivity index (χ1n) is 11.7. The van der Waals surface area contributed by atoms with Crippen molar-refractivity contribution in [3.63, 3.8) is 0 Å². The number of hydrogen-bond acceptors (Lipinski definition) is 4. The molecule has 2 aliphatic rings. The number of rotatable bonds is 7. The van der Waals surface area contributed by atoms with Crippen LogP contribution in [0, 0.1) is 5.92 Å². The molecule has 2 N–H and O–H groups in total. The highest BCUT2D eigenvalue weighted by molar-refractivity contribution is 5.94. The summed E-state index contributed by atoms with van der Waals surface area (Å²) in [4.78, 5) is 17.5. The van der Waals surface area contributed by atoms with Gasteiger partial charge in [0.1, 0.15) is 0 Å². The van der Waals surface area contributed by atoms with Gasteiger partial charge in [-0.3, -0.25) is 9.69 Å². The Morgan fingerprint density at radius 1 is 0.968 bits per heavy atom. The van der Waals surface area contributed by atoms with Crippen LogP contribution in [0.1, 0.15) is 51.2 Å². The molecule has 0 bridgehead atoms. The Morgan fingerprint density at radius 3 is 2.42 bits per heavy atom. The number of nitrogens with one attached hydrogen (secondary N) is 2. The van der Waals surface area contributed by atoms with Crippen molar-refractivity contribution in [2.45, 2.75) is 59.2 Å². The van der Waals surface area contributed by atoms with Crippen LogP contribution in [-0.2, 0) is 17.9 Å². The molecule has 0 radical (unpaired) electrons. The Kier molecular flexibility index (Phi) is 6.81. The molecule has 1 fully saturated rings. The van der Waals surface area contributed by atoms with Crippen molar-refractivity contribution in [3.8, 4) is 0 Å². The topological polar surface area (TPSA) is 47.6 Å². The van der Waals surface area contributed by atoms with E-state index in [1.807, 2.05) is 12.1 Å². The van der Waals surface area contributed by atoms with Crippen molar-refractivity contribution < 1.29 is 4.79 Å². The first-order valence-corrected chi connectivity index (χ1v) is 11.7. The lowest BCUT2D eigenvalue weighted by molar-refractivity contribution is -0.114. The van der Waals surface area contributed by atoms with Crippen LogP contribution in [0.4, 0.5) is 17.1 Å². The summed E-state index contributed by atoms with van der Waals surface area (Å²) in [5.74, 6) is 0.603. The summed E-state index contributed by atoms with van der Waals surface area (Å²) in [6, 6.07) is 15.2. The molecule has 0 aliphatic carbocycles. The SMILES string of the molecule is CC(C)C(C)N1Cc2cccc(NCC(=O)Nc3ccc(N4CCCCC4)cc3)c2C1. The van der Waals surface area contributed by atoms with Crippen LogP contribution in [0.25, 0.3) is 0 Å². The van der Waals surface area contributed by atoms with Crippen molar-refractivity contribution in [1.82, 2.24) is 4.90 Å². The van der Waals surface area contributed by atoms with E-state index in [9.17, 15) is 4.79 Å². The monoisotopic (exact) mass is 420 g/mol. The second-order valence-corrected chi connectivity index (χ2v) is 9.33. The summed E-state index contributed by atoms with van der Waals surface area (Å²) in [5, 5.41) is 6.39. The zero-order valence-corrected chi connectivity index (χ0v) is 19.2. The van der Waals surface area contributed by atoms with E-state index in [0.717, 1.165) is 37.6 Å². The quantitative estimate of drug-likeness (QED) is 0.655. The standard InChI is InChI=1S/C26H36N4O/c1-19(2)20(3)30-17-21-8-7-9-25(24(21)18-30)27-16-26(31)28-22-10-12-23(13-11-22)29-14-5-4-6-15-29/h7-13,19-20,27H,4-6,14-18H2,1-3H3,(H,28,31). The highest BCUT2D eigenvalue weighted by Crippen LogP contribution is 2.32. The molecule has 1 amide bonds. The van der Waals surface area contributed by atoms with Crippen molar-refractivity contribution in [2.24, 2.45) is 5.92 Å². The molecule has 0 spiro atoms. The largest absolute Gasteiger partial charge is 0.376 e. The van der Waals surface area contributed by atoms with Crippen LogP contribution in [0.15, 0.2) is 42.5 Å². The third-order valence-electron chi connectivity index (χ3n) is 6.86. The lowest BCUT2D eigenvalue weighted by Crippen LogP contribution is -2.32. The number of amides is 1. The van der Waals surface area contributed by atoms with Gasteiger partial charge >= 0.3 is 0 Å². The number of carbonyl (C=O) groups excluding carboxylic acids is 1. The summed E-state index contributed by atoms with van der Waals surface area (Å²) in [6.45, 7) is 11.3. The van der Waals surface area contributed by atoms with Crippen molar-refractivity contribution in [3.05, 3.63) is 53.6 Å². The molecule has 31 heavy (non-hydrogen) atoms. The number of benzene rings is 2. The molecule has 1 unspecified atom stereocenters. The van der Waals surface area contributed by atoms with E-state index in [1.165, 1.54) is 36.1 Å². The van der Waals surface area contributed by atoms with E-state index >= 15 is 0 Å². The van der Waals surface area contributed by atoms with E-state index in [2.05, 4.69) is 71.5 Å². The van der Waals surface area contributed by atoms with Gasteiger partial charge in [-0.2, -0.15) is 0 Å². The Labute approximate surface area is 186 Å². The van der Waals surface area contributed by atoms with Crippen molar-refractivity contribution >= 4 is 23.0 Å². The summed E-state index contributed by atoms with van der Waals surface area (Å²) in [6.07, 6.45) is 3.86. The molecule has 2 heterocycles. The smallest absolute Gasteiger partial charge is 0.243 e. The summed E-state index contributed by atoms with van der Waals surface area (Å²) in [7, 11) is 0. The molecule has 4 rings (SSSR count). The number of piperidine rings is 1. The molecule has 166 valence electrons. The molecule has 2 aromatic rings. The normalized spacial score (nSPS) is 17.5. The molecule has 0 aromatic heterocycles. The number of anilines is 3. The maximum Gasteiger partial charge on any atom is 0.243 e. The molecule has 1 saturated heterocycles. The Morgan fingerprint density at radius 2 is 1.71 bits per heavy atom. The van der Waals surface area contributed by atoms with E-state index in [0.29, 0.717) is 12.0 Å². The van der Waals surface area contributed by atoms with Crippen molar-refractivity contribution in [1.29, 1.82) is 0 Å². The van der Waals surface area contributed by atoms with Gasteiger partial charge in [0.05, 0.1) is 6.54 Å². The predicted octanol–water partition coefficient (Wildman–Crippen LogP) is 5.09. The Bertz CT molecular complexity index is 887. The second-order valence-electron chi connectivity index (χ2n) is 9.33. The first-order chi connectivity index (χ1) is 15.0. The fraction of sp³-hybridized carbons (Fsp3) is 0.500. The van der Waals surface area contributed by atoms with Crippen LogP contribution in [0.5, 0.6) is 0 Å². The third kappa shape index (κ3) is 5.21. The van der Waals surface area contributed by atoms with Crippen LogP contribution in [0.2, 0.25) is 0 Å². The minimum atomic E-state index is -0.0197. The summed E-state index contributed by atoms with van der Waals surface area (Å²) in [5.41, 5.74) is 5.87. The van der Waals surface area contributed by atoms with Crippen LogP contribution in [-0.4, -0.2) is 36.5 Å². The molecule has 0 saturated carbocycles. The van der Waals surface area contributed by atoms with Gasteiger partial charge < -0.3 is 15.5 Å². The molecule has 2 aromatic carbocycles. The van der Waals surface area contributed by atoms with E-state index in [4.69, 9.17) is 0 Å². The van der Waals surface area contributed by atoms with E-state index in [1.54, 1.807) is 0 Å². The van der Waals surface area contributed by atoms with Gasteiger partial charge in [-0.25, -0.2) is 0 Å². The van der Waals surface area contributed by atoms with Gasteiger partial charge in [-0.1, -0.05) is 26.0 Å².